The standard InChI is InChI=1S/C18H16N6O3/c25-16(24-9-14-13(21-10-22-14)6-15(24)17(26)27)11-7-19-18(20-8-11)23-12-4-2-1-3-5-12/h1-5,7-8,10,15H,6,9H2,(H,21,22)(H,26,27)(H,19,20,23). The van der Waals surface area contributed by atoms with Crippen molar-refractivity contribution >= 4 is 23.5 Å². The van der Waals surface area contributed by atoms with E-state index in [1.807, 2.05) is 30.3 Å². The number of carbonyl (C=O) groups excluding carboxylic acids is 1. The summed E-state index contributed by atoms with van der Waals surface area (Å²) in [5, 5.41) is 12.5. The molecule has 27 heavy (non-hydrogen) atoms. The van der Waals surface area contributed by atoms with Crippen molar-refractivity contribution in [1.82, 2.24) is 24.8 Å². The zero-order valence-corrected chi connectivity index (χ0v) is 14.2. The Morgan fingerprint density at radius 3 is 2.59 bits per heavy atom. The Bertz CT molecular complexity index is 970. The number of nitrogens with zero attached hydrogens (tertiary/aromatic N) is 4. The Hall–Kier alpha value is -3.75. The number of aromatic nitrogens is 4. The van der Waals surface area contributed by atoms with Crippen LogP contribution in [0, 0.1) is 0 Å². The summed E-state index contributed by atoms with van der Waals surface area (Å²) in [6.45, 7) is 0.148. The molecule has 3 heterocycles. The fraction of sp³-hybridized carbons (Fsp3) is 0.167. The lowest BCUT2D eigenvalue weighted by Crippen LogP contribution is -2.48. The van der Waals surface area contributed by atoms with Crippen molar-refractivity contribution in [2.75, 3.05) is 5.32 Å². The largest absolute Gasteiger partial charge is 0.480 e. The fourth-order valence-corrected chi connectivity index (χ4v) is 2.99. The van der Waals surface area contributed by atoms with E-state index < -0.39 is 17.9 Å². The molecule has 1 aromatic carbocycles. The van der Waals surface area contributed by atoms with Gasteiger partial charge in [0.1, 0.15) is 6.04 Å². The summed E-state index contributed by atoms with van der Waals surface area (Å²) in [6, 6.07) is 8.43. The van der Waals surface area contributed by atoms with E-state index in [0.29, 0.717) is 11.6 Å². The second-order valence-corrected chi connectivity index (χ2v) is 6.11. The third-order valence-electron chi connectivity index (χ3n) is 4.37. The molecule has 4 rings (SSSR count). The zero-order chi connectivity index (χ0) is 18.8. The summed E-state index contributed by atoms with van der Waals surface area (Å²) in [6.07, 6.45) is 4.45. The molecule has 1 aliphatic heterocycles. The van der Waals surface area contributed by atoms with E-state index in [0.717, 1.165) is 11.4 Å². The fourth-order valence-electron chi connectivity index (χ4n) is 2.99. The SMILES string of the molecule is O=C(O)C1Cc2nc[nH]c2CN1C(=O)c1cnc(Nc2ccccc2)nc1. The number of carboxylic acid groups (broad SMARTS) is 1. The van der Waals surface area contributed by atoms with Gasteiger partial charge in [-0.1, -0.05) is 18.2 Å². The first kappa shape index (κ1) is 16.7. The first-order chi connectivity index (χ1) is 13.1. The van der Waals surface area contributed by atoms with Crippen LogP contribution in [-0.2, 0) is 17.8 Å². The monoisotopic (exact) mass is 364 g/mol. The molecule has 0 saturated carbocycles. The number of hydrogen-bond acceptors (Lipinski definition) is 6. The molecule has 0 aliphatic carbocycles. The highest BCUT2D eigenvalue weighted by molar-refractivity contribution is 5.96. The van der Waals surface area contributed by atoms with Gasteiger partial charge in [0.2, 0.25) is 5.95 Å². The summed E-state index contributed by atoms with van der Waals surface area (Å²) >= 11 is 0. The Morgan fingerprint density at radius 1 is 1.15 bits per heavy atom. The van der Waals surface area contributed by atoms with E-state index in [9.17, 15) is 14.7 Å². The molecule has 1 atom stereocenters. The second-order valence-electron chi connectivity index (χ2n) is 6.11. The smallest absolute Gasteiger partial charge is 0.326 e. The molecule has 3 N–H and O–H groups in total. The van der Waals surface area contributed by atoms with Crippen LogP contribution in [0.15, 0.2) is 49.1 Å². The molecule has 1 amide bonds. The number of imidazole rings is 1. The Labute approximate surface area is 154 Å². The van der Waals surface area contributed by atoms with E-state index in [1.54, 1.807) is 0 Å². The van der Waals surface area contributed by atoms with Crippen LogP contribution in [0.3, 0.4) is 0 Å². The van der Waals surface area contributed by atoms with Crippen LogP contribution in [-0.4, -0.2) is 47.9 Å². The minimum absolute atomic E-state index is 0.148. The lowest BCUT2D eigenvalue weighted by atomic mass is 10.0. The lowest BCUT2D eigenvalue weighted by Gasteiger charge is -2.32. The predicted octanol–water partition coefficient (Wildman–Crippen LogP) is 1.59. The van der Waals surface area contributed by atoms with E-state index in [1.165, 1.54) is 23.6 Å². The molecule has 0 bridgehead atoms. The minimum Gasteiger partial charge on any atom is -0.480 e. The minimum atomic E-state index is -1.07. The van der Waals surface area contributed by atoms with Gasteiger partial charge in [0.05, 0.1) is 29.8 Å². The molecule has 1 unspecified atom stereocenters. The molecule has 2 aromatic heterocycles. The molecular formula is C18H16N6O3. The number of aromatic amines is 1. The summed E-state index contributed by atoms with van der Waals surface area (Å²) in [7, 11) is 0. The maximum absolute atomic E-state index is 12.8. The third kappa shape index (κ3) is 3.34. The van der Waals surface area contributed by atoms with Gasteiger partial charge in [-0.05, 0) is 12.1 Å². The van der Waals surface area contributed by atoms with Gasteiger partial charge in [0.25, 0.3) is 5.91 Å². The van der Waals surface area contributed by atoms with E-state index in [-0.39, 0.29) is 18.5 Å². The van der Waals surface area contributed by atoms with Gasteiger partial charge in [-0.3, -0.25) is 4.79 Å². The summed E-state index contributed by atoms with van der Waals surface area (Å²) < 4.78 is 0. The predicted molar refractivity (Wildman–Crippen MR) is 95.3 cm³/mol. The number of fused-ring (bicyclic) bond motifs is 1. The number of para-hydroxylation sites is 1. The van der Waals surface area contributed by atoms with Gasteiger partial charge < -0.3 is 20.3 Å². The Kier molecular flexibility index (Phi) is 4.25. The molecule has 0 radical (unpaired) electrons. The number of rotatable bonds is 4. The molecule has 3 aromatic rings. The molecular weight excluding hydrogens is 348 g/mol. The van der Waals surface area contributed by atoms with Gasteiger partial charge in [0, 0.05) is 24.5 Å². The van der Waals surface area contributed by atoms with Crippen molar-refractivity contribution in [1.29, 1.82) is 0 Å². The first-order valence-corrected chi connectivity index (χ1v) is 8.31. The third-order valence-corrected chi connectivity index (χ3v) is 4.37. The number of aliphatic carboxylic acids is 1. The van der Waals surface area contributed by atoms with Crippen LogP contribution in [0.25, 0.3) is 0 Å². The van der Waals surface area contributed by atoms with Crippen LogP contribution < -0.4 is 5.32 Å². The number of nitrogens with one attached hydrogen (secondary N) is 2. The Morgan fingerprint density at radius 2 is 1.89 bits per heavy atom. The zero-order valence-electron chi connectivity index (χ0n) is 14.2. The number of anilines is 2. The molecule has 0 spiro atoms. The van der Waals surface area contributed by atoms with Crippen LogP contribution in [0.5, 0.6) is 0 Å². The molecule has 9 heteroatoms. The van der Waals surface area contributed by atoms with Crippen molar-refractivity contribution < 1.29 is 14.7 Å². The highest BCUT2D eigenvalue weighted by Gasteiger charge is 2.36. The van der Waals surface area contributed by atoms with Crippen LogP contribution in [0.2, 0.25) is 0 Å². The van der Waals surface area contributed by atoms with Crippen molar-refractivity contribution in [3.05, 3.63) is 66.0 Å². The number of amides is 1. The lowest BCUT2D eigenvalue weighted by molar-refractivity contribution is -0.142. The maximum Gasteiger partial charge on any atom is 0.326 e. The van der Waals surface area contributed by atoms with Crippen molar-refractivity contribution in [3.63, 3.8) is 0 Å². The summed E-state index contributed by atoms with van der Waals surface area (Å²) in [4.78, 5) is 41.1. The van der Waals surface area contributed by atoms with E-state index >= 15 is 0 Å². The van der Waals surface area contributed by atoms with E-state index in [4.69, 9.17) is 0 Å². The topological polar surface area (TPSA) is 124 Å². The molecule has 136 valence electrons. The summed E-state index contributed by atoms with van der Waals surface area (Å²) in [5.74, 6) is -1.16. The van der Waals surface area contributed by atoms with E-state index in [2.05, 4.69) is 25.3 Å². The van der Waals surface area contributed by atoms with Crippen LogP contribution >= 0.6 is 0 Å². The van der Waals surface area contributed by atoms with Gasteiger partial charge in [-0.2, -0.15) is 0 Å². The Balaban J connectivity index is 1.54. The van der Waals surface area contributed by atoms with Gasteiger partial charge in [-0.25, -0.2) is 19.7 Å². The maximum atomic E-state index is 12.8. The molecule has 0 saturated heterocycles. The first-order valence-electron chi connectivity index (χ1n) is 8.31. The number of H-pyrrole nitrogens is 1. The number of carbonyl (C=O) groups is 2. The average Bonchev–Trinajstić information content (AvgIpc) is 3.15. The van der Waals surface area contributed by atoms with Gasteiger partial charge in [-0.15, -0.1) is 0 Å². The molecule has 1 aliphatic rings. The second kappa shape index (κ2) is 6.87. The average molecular weight is 364 g/mol. The number of hydrogen-bond donors (Lipinski definition) is 3. The quantitative estimate of drug-likeness (QED) is 0.642. The molecule has 0 fully saturated rings. The summed E-state index contributed by atoms with van der Waals surface area (Å²) in [5.41, 5.74) is 2.46. The van der Waals surface area contributed by atoms with Crippen molar-refractivity contribution in [3.8, 4) is 0 Å². The normalized spacial score (nSPS) is 15.9. The molecule has 9 nitrogen and oxygen atoms in total. The van der Waals surface area contributed by atoms with Gasteiger partial charge >= 0.3 is 5.97 Å². The highest BCUT2D eigenvalue weighted by atomic mass is 16.4. The van der Waals surface area contributed by atoms with Crippen molar-refractivity contribution in [2.45, 2.75) is 19.0 Å². The highest BCUT2D eigenvalue weighted by Crippen LogP contribution is 2.23. The number of benzene rings is 1. The van der Waals surface area contributed by atoms with Crippen LogP contribution in [0.4, 0.5) is 11.6 Å². The van der Waals surface area contributed by atoms with Crippen LogP contribution in [0.1, 0.15) is 21.7 Å². The number of carboxylic acids is 1. The van der Waals surface area contributed by atoms with Gasteiger partial charge in [0.15, 0.2) is 0 Å². The van der Waals surface area contributed by atoms with Crippen molar-refractivity contribution in [2.24, 2.45) is 0 Å².